The molecule has 35 heavy (non-hydrogen) atoms. The van der Waals surface area contributed by atoms with Gasteiger partial charge in [0, 0.05) is 12.1 Å². The number of piperidine rings is 1. The number of hydrogen-bond donors (Lipinski definition) is 2. The predicted octanol–water partition coefficient (Wildman–Crippen LogP) is 3.46. The van der Waals surface area contributed by atoms with Crippen molar-refractivity contribution >= 4 is 11.9 Å². The summed E-state index contributed by atoms with van der Waals surface area (Å²) >= 11 is 0. The lowest BCUT2D eigenvalue weighted by Crippen LogP contribution is -2.44. The molecule has 1 aliphatic heterocycles. The summed E-state index contributed by atoms with van der Waals surface area (Å²) < 4.78 is 24.4. The normalized spacial score (nSPS) is 15.9. The third-order valence-electron chi connectivity index (χ3n) is 6.10. The van der Waals surface area contributed by atoms with Gasteiger partial charge in [-0.25, -0.2) is 9.18 Å². The number of halogens is 1. The average Bonchev–Trinajstić information content (AvgIpc) is 2.85. The Morgan fingerprint density at radius 3 is 2.17 bits per heavy atom. The van der Waals surface area contributed by atoms with Crippen molar-refractivity contribution in [2.45, 2.75) is 38.4 Å². The Morgan fingerprint density at radius 1 is 1.09 bits per heavy atom. The molecule has 1 atom stereocenters. The van der Waals surface area contributed by atoms with Crippen LogP contribution in [0.1, 0.15) is 37.0 Å². The number of methoxy groups -OCH3 is 1. The average molecular weight is 487 g/mol. The lowest BCUT2D eigenvalue weighted by atomic mass is 9.97. The smallest absolute Gasteiger partial charge is 0.330 e. The minimum Gasteiger partial charge on any atom is -0.493 e. The van der Waals surface area contributed by atoms with E-state index < -0.39 is 30.2 Å². The van der Waals surface area contributed by atoms with Crippen molar-refractivity contribution in [1.29, 1.82) is 0 Å². The zero-order valence-corrected chi connectivity index (χ0v) is 20.6. The first kappa shape index (κ1) is 26.6. The Hall–Kier alpha value is -2.97. The number of rotatable bonds is 10. The van der Waals surface area contributed by atoms with Crippen molar-refractivity contribution in [1.82, 2.24) is 10.2 Å². The zero-order chi connectivity index (χ0) is 25.4. The van der Waals surface area contributed by atoms with Crippen LogP contribution in [0.5, 0.6) is 5.75 Å². The molecule has 1 aliphatic rings. The summed E-state index contributed by atoms with van der Waals surface area (Å²) in [6, 6.07) is 13.7. The molecule has 1 heterocycles. The third kappa shape index (κ3) is 8.04. The molecule has 3 rings (SSSR count). The van der Waals surface area contributed by atoms with Crippen LogP contribution in [0.4, 0.5) is 4.39 Å². The van der Waals surface area contributed by atoms with Crippen molar-refractivity contribution in [3.8, 4) is 16.9 Å². The zero-order valence-electron chi connectivity index (χ0n) is 20.6. The van der Waals surface area contributed by atoms with E-state index in [-0.39, 0.29) is 0 Å². The van der Waals surface area contributed by atoms with Crippen LogP contribution in [0.15, 0.2) is 48.5 Å². The van der Waals surface area contributed by atoms with Gasteiger partial charge in [0.25, 0.3) is 5.91 Å². The van der Waals surface area contributed by atoms with Crippen molar-refractivity contribution < 1.29 is 28.6 Å². The molecule has 2 aromatic rings. The monoisotopic (exact) mass is 486 g/mol. The molecule has 190 valence electrons. The number of nitrogens with zero attached hydrogens (tertiary/aromatic N) is 1. The van der Waals surface area contributed by atoms with Crippen LogP contribution >= 0.6 is 0 Å². The summed E-state index contributed by atoms with van der Waals surface area (Å²) in [5.74, 6) is 0.0990. The van der Waals surface area contributed by atoms with E-state index in [1.54, 1.807) is 26.0 Å². The number of likely N-dealkylation sites (tertiary alicyclic amines) is 1. The second-order valence-electron chi connectivity index (χ2n) is 9.58. The van der Waals surface area contributed by atoms with Crippen LogP contribution in [-0.2, 0) is 9.53 Å². The number of aliphatic hydroxyl groups excluding tert-OH is 1. The number of benzene rings is 2. The lowest BCUT2D eigenvalue weighted by Gasteiger charge is -2.34. The summed E-state index contributed by atoms with van der Waals surface area (Å²) in [4.78, 5) is 26.1. The summed E-state index contributed by atoms with van der Waals surface area (Å²) in [6.45, 7) is 5.63. The molecule has 0 saturated carbocycles. The molecule has 7 nitrogen and oxygen atoms in total. The number of hydrogen-bond acceptors (Lipinski definition) is 6. The number of alkyl halides is 1. The van der Waals surface area contributed by atoms with Gasteiger partial charge in [0.15, 0.2) is 6.04 Å². The van der Waals surface area contributed by atoms with Crippen LogP contribution in [0.25, 0.3) is 11.1 Å². The fraction of sp³-hybridized carbons (Fsp3) is 0.481. The first-order valence-electron chi connectivity index (χ1n) is 11.9. The molecular weight excluding hydrogens is 451 g/mol. The molecule has 1 unspecified atom stereocenters. The maximum atomic E-state index is 13.8. The van der Waals surface area contributed by atoms with Gasteiger partial charge in [0.2, 0.25) is 0 Å². The number of esters is 1. The van der Waals surface area contributed by atoms with Gasteiger partial charge in [0.05, 0.1) is 20.3 Å². The van der Waals surface area contributed by atoms with Crippen molar-refractivity contribution in [3.63, 3.8) is 0 Å². The molecule has 1 fully saturated rings. The van der Waals surface area contributed by atoms with Crippen LogP contribution in [0.2, 0.25) is 0 Å². The number of nitrogens with one attached hydrogen (secondary N) is 1. The summed E-state index contributed by atoms with van der Waals surface area (Å²) in [7, 11) is 1.20. The summed E-state index contributed by atoms with van der Waals surface area (Å²) in [5.41, 5.74) is 1.13. The Bertz CT molecular complexity index is 965. The van der Waals surface area contributed by atoms with Crippen LogP contribution < -0.4 is 10.1 Å². The van der Waals surface area contributed by atoms with E-state index in [0.717, 1.165) is 42.8 Å². The largest absolute Gasteiger partial charge is 0.493 e. The SMILES string of the molecule is COC(=O)C(CO)NC(=O)c1ccc(-c2ccc(OCC3CCN(CC(C)(C)F)CC3)cc2)cc1. The van der Waals surface area contributed by atoms with E-state index in [1.807, 2.05) is 36.4 Å². The molecule has 0 bridgehead atoms. The second kappa shape index (κ2) is 12.1. The van der Waals surface area contributed by atoms with Gasteiger partial charge in [0.1, 0.15) is 11.4 Å². The maximum Gasteiger partial charge on any atom is 0.330 e. The highest BCUT2D eigenvalue weighted by Crippen LogP contribution is 2.25. The Morgan fingerprint density at radius 2 is 1.66 bits per heavy atom. The number of amides is 1. The molecule has 8 heteroatoms. The van der Waals surface area contributed by atoms with E-state index in [4.69, 9.17) is 4.74 Å². The molecule has 0 spiro atoms. The van der Waals surface area contributed by atoms with Gasteiger partial charge < -0.3 is 24.8 Å². The number of carbonyl (C=O) groups excluding carboxylic acids is 2. The maximum absolute atomic E-state index is 13.8. The van der Waals surface area contributed by atoms with Crippen LogP contribution in [0, 0.1) is 5.92 Å². The molecule has 0 radical (unpaired) electrons. The minimum absolute atomic E-state index is 0.372. The van der Waals surface area contributed by atoms with E-state index in [2.05, 4.69) is 15.0 Å². The van der Waals surface area contributed by atoms with Crippen molar-refractivity contribution in [2.75, 3.05) is 40.0 Å². The molecule has 2 aromatic carbocycles. The summed E-state index contributed by atoms with van der Waals surface area (Å²) in [5, 5.41) is 11.7. The van der Waals surface area contributed by atoms with Crippen molar-refractivity contribution in [2.24, 2.45) is 5.92 Å². The number of carbonyl (C=O) groups is 2. The first-order chi connectivity index (χ1) is 16.7. The van der Waals surface area contributed by atoms with Gasteiger partial charge in [-0.05, 0) is 81.1 Å². The lowest BCUT2D eigenvalue weighted by molar-refractivity contribution is -0.143. The van der Waals surface area contributed by atoms with E-state index in [0.29, 0.717) is 24.6 Å². The highest BCUT2D eigenvalue weighted by atomic mass is 19.1. The predicted molar refractivity (Wildman–Crippen MR) is 132 cm³/mol. The molecule has 2 N–H and O–H groups in total. The topological polar surface area (TPSA) is 88.1 Å². The standard InChI is InChI=1S/C27H35FN2O5/c1-27(2,28)18-30-14-12-19(13-15-30)17-35-23-10-8-21(9-11-23)20-4-6-22(7-5-20)25(32)29-24(16-31)26(33)34-3/h4-11,19,24,31H,12-18H2,1-3H3,(H,29,32). The van der Waals surface area contributed by atoms with Gasteiger partial charge in [-0.1, -0.05) is 24.3 Å². The molecule has 1 saturated heterocycles. The highest BCUT2D eigenvalue weighted by molar-refractivity contribution is 5.97. The number of ether oxygens (including phenoxy) is 2. The van der Waals surface area contributed by atoms with E-state index in [1.165, 1.54) is 7.11 Å². The van der Waals surface area contributed by atoms with E-state index >= 15 is 0 Å². The first-order valence-corrected chi connectivity index (χ1v) is 11.9. The number of aliphatic hydroxyl groups is 1. The van der Waals surface area contributed by atoms with Gasteiger partial charge in [-0.2, -0.15) is 0 Å². The fourth-order valence-corrected chi connectivity index (χ4v) is 4.18. The van der Waals surface area contributed by atoms with Crippen LogP contribution in [-0.4, -0.2) is 73.6 Å². The molecule has 0 aliphatic carbocycles. The Balaban J connectivity index is 1.49. The van der Waals surface area contributed by atoms with Crippen molar-refractivity contribution in [3.05, 3.63) is 54.1 Å². The van der Waals surface area contributed by atoms with Gasteiger partial charge in [-0.15, -0.1) is 0 Å². The van der Waals surface area contributed by atoms with Gasteiger partial charge >= 0.3 is 5.97 Å². The summed E-state index contributed by atoms with van der Waals surface area (Å²) in [6.07, 6.45) is 2.01. The quantitative estimate of drug-likeness (QED) is 0.500. The van der Waals surface area contributed by atoms with Crippen LogP contribution in [0.3, 0.4) is 0 Å². The Kier molecular flexibility index (Phi) is 9.23. The molecular formula is C27H35FN2O5. The molecule has 1 amide bonds. The van der Waals surface area contributed by atoms with Gasteiger partial charge in [-0.3, -0.25) is 4.79 Å². The molecule has 0 aromatic heterocycles. The highest BCUT2D eigenvalue weighted by Gasteiger charge is 2.25. The third-order valence-corrected chi connectivity index (χ3v) is 6.10. The Labute approximate surface area is 206 Å². The van der Waals surface area contributed by atoms with E-state index in [9.17, 15) is 19.1 Å². The minimum atomic E-state index is -1.16. The fourth-order valence-electron chi connectivity index (χ4n) is 4.18. The second-order valence-corrected chi connectivity index (χ2v) is 9.58.